The molecule has 0 bridgehead atoms. The van der Waals surface area contributed by atoms with Crippen LogP contribution in [0, 0.1) is 0 Å². The van der Waals surface area contributed by atoms with Crippen LogP contribution in [0.3, 0.4) is 0 Å². The van der Waals surface area contributed by atoms with Crippen molar-refractivity contribution < 1.29 is 27.2 Å². The molecule has 0 spiro atoms. The summed E-state index contributed by atoms with van der Waals surface area (Å²) in [6.07, 6.45) is -5.16. The van der Waals surface area contributed by atoms with Crippen LogP contribution in [0.15, 0.2) is 5.16 Å². The highest BCUT2D eigenvalue weighted by Crippen LogP contribution is 2.16. The summed E-state index contributed by atoms with van der Waals surface area (Å²) >= 11 is 4.79. The third kappa shape index (κ3) is 4.12. The van der Waals surface area contributed by atoms with Crippen molar-refractivity contribution in [1.29, 1.82) is 0 Å². The van der Waals surface area contributed by atoms with Gasteiger partial charge in [0, 0.05) is 0 Å². The SMILES string of the molecule is O=C(ON=C(Cl)CF)C(F)(F)F. The lowest BCUT2D eigenvalue weighted by Gasteiger charge is -2.00. The zero-order chi connectivity index (χ0) is 9.78. The molecule has 0 aliphatic rings. The quantitative estimate of drug-likeness (QED) is 0.299. The molecule has 0 aliphatic heterocycles. The summed E-state index contributed by atoms with van der Waals surface area (Å²) in [6, 6.07) is 0. The zero-order valence-electron chi connectivity index (χ0n) is 5.36. The molecule has 0 heterocycles. The van der Waals surface area contributed by atoms with Crippen LogP contribution in [0.5, 0.6) is 0 Å². The summed E-state index contributed by atoms with van der Waals surface area (Å²) in [4.78, 5) is 13.1. The second kappa shape index (κ2) is 4.24. The van der Waals surface area contributed by atoms with Gasteiger partial charge in [-0.1, -0.05) is 16.8 Å². The third-order valence-electron chi connectivity index (χ3n) is 0.569. The highest BCUT2D eigenvalue weighted by Gasteiger charge is 2.41. The molecule has 0 atom stereocenters. The van der Waals surface area contributed by atoms with Gasteiger partial charge in [-0.05, 0) is 0 Å². The van der Waals surface area contributed by atoms with Crippen LogP contribution in [0.2, 0.25) is 0 Å². The van der Waals surface area contributed by atoms with Crippen molar-refractivity contribution in [3.63, 3.8) is 0 Å². The van der Waals surface area contributed by atoms with E-state index >= 15 is 0 Å². The number of oxime groups is 1. The monoisotopic (exact) mass is 207 g/mol. The topological polar surface area (TPSA) is 38.7 Å². The van der Waals surface area contributed by atoms with E-state index in [9.17, 15) is 22.4 Å². The summed E-state index contributed by atoms with van der Waals surface area (Å²) in [5.74, 6) is -2.55. The van der Waals surface area contributed by atoms with E-state index in [2.05, 4.69) is 9.99 Å². The minimum Gasteiger partial charge on any atom is -0.308 e. The minimum absolute atomic E-state index is 0.868. The van der Waals surface area contributed by atoms with Crippen molar-refractivity contribution in [2.75, 3.05) is 6.67 Å². The van der Waals surface area contributed by atoms with Crippen LogP contribution in [-0.2, 0) is 9.63 Å². The molecular formula is C4H2ClF4NO2. The van der Waals surface area contributed by atoms with Gasteiger partial charge in [0.15, 0.2) is 5.17 Å². The number of hydrogen-bond donors (Lipinski definition) is 0. The van der Waals surface area contributed by atoms with Crippen molar-refractivity contribution in [1.82, 2.24) is 0 Å². The lowest BCUT2D eigenvalue weighted by Crippen LogP contribution is -2.23. The molecule has 0 rings (SSSR count). The van der Waals surface area contributed by atoms with E-state index in [4.69, 9.17) is 11.6 Å². The minimum atomic E-state index is -5.16. The van der Waals surface area contributed by atoms with Gasteiger partial charge in [0.05, 0.1) is 0 Å². The number of nitrogens with zero attached hydrogens (tertiary/aromatic N) is 1. The Morgan fingerprint density at radius 2 is 2.00 bits per heavy atom. The molecule has 0 radical (unpaired) electrons. The Labute approximate surface area is 68.9 Å². The summed E-state index contributed by atoms with van der Waals surface area (Å²) in [6.45, 7) is -1.30. The van der Waals surface area contributed by atoms with Gasteiger partial charge in [-0.25, -0.2) is 9.18 Å². The number of halogens is 5. The van der Waals surface area contributed by atoms with E-state index in [1.165, 1.54) is 0 Å². The van der Waals surface area contributed by atoms with Gasteiger partial charge in [0.25, 0.3) is 0 Å². The molecule has 0 aromatic rings. The molecule has 8 heteroatoms. The van der Waals surface area contributed by atoms with Crippen LogP contribution >= 0.6 is 11.6 Å². The summed E-state index contributed by atoms with van der Waals surface area (Å²) < 4.78 is 45.4. The second-order valence-electron chi connectivity index (χ2n) is 1.48. The largest absolute Gasteiger partial charge is 0.493 e. The molecule has 0 saturated heterocycles. The molecule has 0 aromatic carbocycles. The third-order valence-corrected chi connectivity index (χ3v) is 0.739. The fraction of sp³-hybridized carbons (Fsp3) is 0.500. The molecule has 0 N–H and O–H groups in total. The standard InChI is InChI=1S/C4H2ClF4NO2/c5-2(1-6)10-12-3(11)4(7,8)9/h1H2. The highest BCUT2D eigenvalue weighted by atomic mass is 35.5. The Bertz CT molecular complexity index is 202. The van der Waals surface area contributed by atoms with Crippen molar-refractivity contribution in [3.05, 3.63) is 0 Å². The van der Waals surface area contributed by atoms with E-state index in [0.717, 1.165) is 0 Å². The summed E-state index contributed by atoms with van der Waals surface area (Å²) in [5, 5.41) is 1.48. The van der Waals surface area contributed by atoms with E-state index in [1.807, 2.05) is 0 Å². The van der Waals surface area contributed by atoms with Crippen molar-refractivity contribution >= 4 is 22.7 Å². The van der Waals surface area contributed by atoms with Gasteiger partial charge in [-0.15, -0.1) is 0 Å². The first-order chi connectivity index (χ1) is 5.38. The van der Waals surface area contributed by atoms with Crippen LogP contribution < -0.4 is 0 Å². The van der Waals surface area contributed by atoms with Gasteiger partial charge >= 0.3 is 12.1 Å². The molecule has 0 aliphatic carbocycles. The summed E-state index contributed by atoms with van der Waals surface area (Å²) in [7, 11) is 0. The maximum atomic E-state index is 11.4. The maximum Gasteiger partial charge on any atom is 0.493 e. The van der Waals surface area contributed by atoms with E-state index in [1.54, 1.807) is 0 Å². The number of rotatable bonds is 2. The molecule has 0 aromatic heterocycles. The molecule has 12 heavy (non-hydrogen) atoms. The molecule has 3 nitrogen and oxygen atoms in total. The average molecular weight is 208 g/mol. The van der Waals surface area contributed by atoms with Crippen molar-refractivity contribution in [2.24, 2.45) is 5.16 Å². The average Bonchev–Trinajstić information content (AvgIpc) is 1.97. The van der Waals surface area contributed by atoms with E-state index < -0.39 is 24.0 Å². The van der Waals surface area contributed by atoms with E-state index in [-0.39, 0.29) is 0 Å². The lowest BCUT2D eigenvalue weighted by atomic mass is 10.7. The lowest BCUT2D eigenvalue weighted by molar-refractivity contribution is -0.199. The van der Waals surface area contributed by atoms with E-state index in [0.29, 0.717) is 0 Å². The Kier molecular flexibility index (Phi) is 3.94. The first-order valence-electron chi connectivity index (χ1n) is 2.44. The first kappa shape index (κ1) is 11.2. The van der Waals surface area contributed by atoms with Crippen molar-refractivity contribution in [3.8, 4) is 0 Å². The highest BCUT2D eigenvalue weighted by molar-refractivity contribution is 6.65. The predicted molar refractivity (Wildman–Crippen MR) is 31.4 cm³/mol. The van der Waals surface area contributed by atoms with Crippen LogP contribution in [0.25, 0.3) is 0 Å². The Hall–Kier alpha value is -0.850. The van der Waals surface area contributed by atoms with Crippen LogP contribution in [0.1, 0.15) is 0 Å². The molecule has 0 amide bonds. The Balaban J connectivity index is 4.04. The number of hydrogen-bond acceptors (Lipinski definition) is 3. The van der Waals surface area contributed by atoms with Gasteiger partial charge in [-0.3, -0.25) is 0 Å². The van der Waals surface area contributed by atoms with Crippen LogP contribution in [-0.4, -0.2) is 24.0 Å². The molecule has 0 fully saturated rings. The van der Waals surface area contributed by atoms with Crippen molar-refractivity contribution in [2.45, 2.75) is 6.18 Å². The number of carbonyl (C=O) groups is 1. The summed E-state index contributed by atoms with van der Waals surface area (Å²) in [5.41, 5.74) is 0. The first-order valence-corrected chi connectivity index (χ1v) is 2.82. The van der Waals surface area contributed by atoms with Gasteiger partial charge in [0.1, 0.15) is 6.67 Å². The Morgan fingerprint density at radius 3 is 2.33 bits per heavy atom. The smallest absolute Gasteiger partial charge is 0.308 e. The molecule has 0 saturated carbocycles. The van der Waals surface area contributed by atoms with Gasteiger partial charge in [0.2, 0.25) is 0 Å². The number of alkyl halides is 4. The second-order valence-corrected chi connectivity index (χ2v) is 1.91. The zero-order valence-corrected chi connectivity index (χ0v) is 6.12. The predicted octanol–water partition coefficient (Wildman–Crippen LogP) is 1.61. The Morgan fingerprint density at radius 1 is 1.50 bits per heavy atom. The molecule has 0 unspecified atom stereocenters. The normalized spacial score (nSPS) is 12.9. The van der Waals surface area contributed by atoms with Gasteiger partial charge < -0.3 is 4.84 Å². The van der Waals surface area contributed by atoms with Gasteiger partial charge in [-0.2, -0.15) is 13.2 Å². The molecule has 70 valence electrons. The molecular weight excluding hydrogens is 205 g/mol. The fourth-order valence-electron chi connectivity index (χ4n) is 0.167. The number of carbonyl (C=O) groups excluding carboxylic acids is 1. The van der Waals surface area contributed by atoms with Crippen LogP contribution in [0.4, 0.5) is 17.6 Å². The fourth-order valence-corrected chi connectivity index (χ4v) is 0.202. The maximum absolute atomic E-state index is 11.4.